The number of hydrogen-bond acceptors (Lipinski definition) is 3. The molecular formula is C17H13F2N3O2. The molecule has 0 fully saturated rings. The number of halogens is 2. The topological polar surface area (TPSA) is 68.0 Å². The van der Waals surface area contributed by atoms with E-state index in [4.69, 9.17) is 0 Å². The largest absolute Gasteiger partial charge is 0.476 e. The quantitative estimate of drug-likeness (QED) is 0.797. The van der Waals surface area contributed by atoms with Gasteiger partial charge in [-0.25, -0.2) is 18.3 Å². The molecule has 1 heterocycles. The predicted molar refractivity (Wildman–Crippen MR) is 82.6 cm³/mol. The Hall–Kier alpha value is -3.09. The summed E-state index contributed by atoms with van der Waals surface area (Å²) in [6, 6.07) is 10.6. The number of carboxylic acids is 1. The predicted octanol–water partition coefficient (Wildman–Crippen LogP) is 3.28. The Morgan fingerprint density at radius 2 is 1.83 bits per heavy atom. The molecule has 0 unspecified atom stereocenters. The summed E-state index contributed by atoms with van der Waals surface area (Å²) in [5.74, 6) is -2.71. The summed E-state index contributed by atoms with van der Waals surface area (Å²) in [6.07, 6.45) is 0. The standard InChI is InChI=1S/C17H13F2N3O2/c1-10-4-2-5-11(8-10)16-15(17(23)24)20-21-22(16)9-12-13(18)6-3-7-14(12)19/h2-8H,9H2,1H3,(H,23,24). The van der Waals surface area contributed by atoms with Crippen LogP contribution in [0.5, 0.6) is 0 Å². The molecule has 7 heteroatoms. The van der Waals surface area contributed by atoms with Crippen molar-refractivity contribution in [2.45, 2.75) is 13.5 Å². The molecule has 2 aromatic carbocycles. The van der Waals surface area contributed by atoms with Crippen molar-refractivity contribution in [3.8, 4) is 11.3 Å². The summed E-state index contributed by atoms with van der Waals surface area (Å²) in [7, 11) is 0. The zero-order chi connectivity index (χ0) is 17.3. The van der Waals surface area contributed by atoms with Crippen LogP contribution in [-0.2, 0) is 6.54 Å². The Morgan fingerprint density at radius 1 is 1.17 bits per heavy atom. The zero-order valence-electron chi connectivity index (χ0n) is 12.7. The molecule has 0 spiro atoms. The second kappa shape index (κ2) is 6.19. The smallest absolute Gasteiger partial charge is 0.358 e. The van der Waals surface area contributed by atoms with Crippen molar-refractivity contribution in [2.75, 3.05) is 0 Å². The van der Waals surface area contributed by atoms with Gasteiger partial charge in [0, 0.05) is 11.1 Å². The number of nitrogens with zero attached hydrogens (tertiary/aromatic N) is 3. The lowest BCUT2D eigenvalue weighted by molar-refractivity contribution is 0.0691. The van der Waals surface area contributed by atoms with Gasteiger partial charge in [-0.1, -0.05) is 35.0 Å². The van der Waals surface area contributed by atoms with Gasteiger partial charge >= 0.3 is 5.97 Å². The van der Waals surface area contributed by atoms with Crippen LogP contribution >= 0.6 is 0 Å². The molecule has 0 aliphatic heterocycles. The van der Waals surface area contributed by atoms with E-state index in [0.717, 1.165) is 17.7 Å². The van der Waals surface area contributed by atoms with E-state index in [1.807, 2.05) is 13.0 Å². The number of carboxylic acid groups (broad SMARTS) is 1. The molecule has 0 aliphatic rings. The number of benzene rings is 2. The van der Waals surface area contributed by atoms with Crippen molar-refractivity contribution >= 4 is 5.97 Å². The van der Waals surface area contributed by atoms with Crippen molar-refractivity contribution in [3.05, 3.63) is 70.9 Å². The van der Waals surface area contributed by atoms with Crippen LogP contribution in [0.25, 0.3) is 11.3 Å². The lowest BCUT2D eigenvalue weighted by Crippen LogP contribution is -2.09. The molecule has 0 saturated heterocycles. The average Bonchev–Trinajstić information content (AvgIpc) is 2.95. The van der Waals surface area contributed by atoms with E-state index < -0.39 is 17.6 Å². The summed E-state index contributed by atoms with van der Waals surface area (Å²) in [6.45, 7) is 1.59. The number of aryl methyl sites for hydroxylation is 1. The fourth-order valence-electron chi connectivity index (χ4n) is 2.48. The van der Waals surface area contributed by atoms with Gasteiger partial charge in [-0.05, 0) is 25.1 Å². The van der Waals surface area contributed by atoms with Crippen LogP contribution in [0.1, 0.15) is 21.6 Å². The molecule has 3 aromatic rings. The SMILES string of the molecule is Cc1cccc(-c2c(C(=O)O)nnn2Cc2c(F)cccc2F)c1. The lowest BCUT2D eigenvalue weighted by Gasteiger charge is -2.09. The minimum Gasteiger partial charge on any atom is -0.476 e. The van der Waals surface area contributed by atoms with E-state index in [0.29, 0.717) is 5.56 Å². The van der Waals surface area contributed by atoms with Crippen molar-refractivity contribution < 1.29 is 18.7 Å². The van der Waals surface area contributed by atoms with Gasteiger partial charge in [-0.15, -0.1) is 5.10 Å². The van der Waals surface area contributed by atoms with E-state index in [9.17, 15) is 18.7 Å². The highest BCUT2D eigenvalue weighted by atomic mass is 19.1. The van der Waals surface area contributed by atoms with Gasteiger partial charge in [0.05, 0.1) is 6.54 Å². The maximum absolute atomic E-state index is 13.9. The van der Waals surface area contributed by atoms with E-state index >= 15 is 0 Å². The Labute approximate surface area is 136 Å². The van der Waals surface area contributed by atoms with Gasteiger partial charge in [-0.3, -0.25) is 0 Å². The second-order valence-corrected chi connectivity index (χ2v) is 5.32. The first kappa shape index (κ1) is 15.8. The van der Waals surface area contributed by atoms with Gasteiger partial charge in [0.25, 0.3) is 0 Å². The molecule has 24 heavy (non-hydrogen) atoms. The molecular weight excluding hydrogens is 316 g/mol. The third-order valence-electron chi connectivity index (χ3n) is 3.60. The molecule has 0 amide bonds. The Kier molecular flexibility index (Phi) is 4.07. The first-order chi connectivity index (χ1) is 11.5. The average molecular weight is 329 g/mol. The fourth-order valence-corrected chi connectivity index (χ4v) is 2.48. The minimum absolute atomic E-state index is 0.201. The molecule has 3 rings (SSSR count). The molecule has 1 aromatic heterocycles. The molecule has 0 aliphatic carbocycles. The number of hydrogen-bond donors (Lipinski definition) is 1. The van der Waals surface area contributed by atoms with Crippen LogP contribution in [0.15, 0.2) is 42.5 Å². The van der Waals surface area contributed by atoms with Crippen LogP contribution in [0.2, 0.25) is 0 Å². The van der Waals surface area contributed by atoms with Crippen molar-refractivity contribution in [2.24, 2.45) is 0 Å². The zero-order valence-corrected chi connectivity index (χ0v) is 12.7. The van der Waals surface area contributed by atoms with E-state index in [1.54, 1.807) is 18.2 Å². The molecule has 122 valence electrons. The second-order valence-electron chi connectivity index (χ2n) is 5.32. The summed E-state index contributed by atoms with van der Waals surface area (Å²) < 4.78 is 29.0. The molecule has 0 saturated carbocycles. The third kappa shape index (κ3) is 2.88. The Morgan fingerprint density at radius 3 is 2.46 bits per heavy atom. The maximum Gasteiger partial charge on any atom is 0.358 e. The first-order valence-electron chi connectivity index (χ1n) is 7.14. The maximum atomic E-state index is 13.9. The fraction of sp³-hybridized carbons (Fsp3) is 0.118. The molecule has 0 atom stereocenters. The van der Waals surface area contributed by atoms with Crippen LogP contribution in [0, 0.1) is 18.6 Å². The highest BCUT2D eigenvalue weighted by Gasteiger charge is 2.22. The van der Waals surface area contributed by atoms with Crippen LogP contribution in [-0.4, -0.2) is 26.1 Å². The van der Waals surface area contributed by atoms with Crippen LogP contribution < -0.4 is 0 Å². The highest BCUT2D eigenvalue weighted by molar-refractivity contribution is 5.92. The monoisotopic (exact) mass is 329 g/mol. The van der Waals surface area contributed by atoms with E-state index in [1.165, 1.54) is 10.7 Å². The molecule has 0 radical (unpaired) electrons. The third-order valence-corrected chi connectivity index (χ3v) is 3.60. The highest BCUT2D eigenvalue weighted by Crippen LogP contribution is 2.25. The van der Waals surface area contributed by atoms with Crippen molar-refractivity contribution in [3.63, 3.8) is 0 Å². The lowest BCUT2D eigenvalue weighted by atomic mass is 10.1. The number of rotatable bonds is 4. The number of carbonyl (C=O) groups is 1. The molecule has 0 bridgehead atoms. The minimum atomic E-state index is -1.26. The number of aromatic nitrogens is 3. The first-order valence-corrected chi connectivity index (χ1v) is 7.14. The van der Waals surface area contributed by atoms with Crippen molar-refractivity contribution in [1.29, 1.82) is 0 Å². The Bertz CT molecular complexity index is 902. The van der Waals surface area contributed by atoms with Gasteiger partial charge < -0.3 is 5.11 Å². The summed E-state index contributed by atoms with van der Waals surface area (Å²) in [5.41, 5.74) is 1.21. The summed E-state index contributed by atoms with van der Waals surface area (Å²) in [5, 5.41) is 16.7. The number of aromatic carboxylic acids is 1. The van der Waals surface area contributed by atoms with Crippen LogP contribution in [0.4, 0.5) is 8.78 Å². The van der Waals surface area contributed by atoms with Crippen molar-refractivity contribution in [1.82, 2.24) is 15.0 Å². The van der Waals surface area contributed by atoms with Crippen LogP contribution in [0.3, 0.4) is 0 Å². The molecule has 1 N–H and O–H groups in total. The van der Waals surface area contributed by atoms with Gasteiger partial charge in [0.1, 0.15) is 17.3 Å². The van der Waals surface area contributed by atoms with E-state index in [2.05, 4.69) is 10.3 Å². The van der Waals surface area contributed by atoms with E-state index in [-0.39, 0.29) is 23.5 Å². The summed E-state index contributed by atoms with van der Waals surface area (Å²) >= 11 is 0. The van der Waals surface area contributed by atoms with Gasteiger partial charge in [0.2, 0.25) is 0 Å². The summed E-state index contributed by atoms with van der Waals surface area (Å²) in [4.78, 5) is 11.4. The Balaban J connectivity index is 2.14. The van der Waals surface area contributed by atoms with Gasteiger partial charge in [0.15, 0.2) is 5.69 Å². The normalized spacial score (nSPS) is 10.8. The molecule has 5 nitrogen and oxygen atoms in total. The van der Waals surface area contributed by atoms with Gasteiger partial charge in [-0.2, -0.15) is 0 Å².